The second-order valence-electron chi connectivity index (χ2n) is 4.02. The maximum atomic E-state index is 12.2. The minimum atomic E-state index is -0.314. The van der Waals surface area contributed by atoms with Gasteiger partial charge in [0.1, 0.15) is 5.82 Å². The molecule has 8 heteroatoms. The van der Waals surface area contributed by atoms with Crippen LogP contribution in [0, 0.1) is 0 Å². The van der Waals surface area contributed by atoms with Crippen molar-refractivity contribution in [2.45, 2.75) is 0 Å². The summed E-state index contributed by atoms with van der Waals surface area (Å²) in [5.74, 6) is 0.0819. The summed E-state index contributed by atoms with van der Waals surface area (Å²) in [4.78, 5) is 20.3. The van der Waals surface area contributed by atoms with Crippen LogP contribution in [0.2, 0.25) is 0 Å². The Balaban J connectivity index is 1.93. The fraction of sp³-hybridized carbons (Fsp3) is 0. The van der Waals surface area contributed by atoms with Gasteiger partial charge in [0.05, 0.1) is 39.8 Å². The van der Waals surface area contributed by atoms with E-state index >= 15 is 0 Å². The van der Waals surface area contributed by atoms with Gasteiger partial charge in [0.25, 0.3) is 5.91 Å². The van der Waals surface area contributed by atoms with Gasteiger partial charge in [-0.3, -0.25) is 9.78 Å². The molecule has 20 heavy (non-hydrogen) atoms. The van der Waals surface area contributed by atoms with Gasteiger partial charge >= 0.3 is 0 Å². The van der Waals surface area contributed by atoms with Crippen molar-refractivity contribution in [2.24, 2.45) is 0 Å². The van der Waals surface area contributed by atoms with Crippen LogP contribution in [-0.2, 0) is 0 Å². The van der Waals surface area contributed by atoms with E-state index in [1.807, 2.05) is 0 Å². The Morgan fingerprint density at radius 1 is 1.35 bits per heavy atom. The summed E-state index contributed by atoms with van der Waals surface area (Å²) in [6.07, 6.45) is 7.80. The van der Waals surface area contributed by atoms with E-state index < -0.39 is 0 Å². The van der Waals surface area contributed by atoms with E-state index in [0.29, 0.717) is 27.1 Å². The van der Waals surface area contributed by atoms with Gasteiger partial charge in [-0.2, -0.15) is 5.10 Å². The van der Waals surface area contributed by atoms with Crippen LogP contribution in [0.3, 0.4) is 0 Å². The van der Waals surface area contributed by atoms with Crippen LogP contribution in [0.25, 0.3) is 5.52 Å². The quantitative estimate of drug-likeness (QED) is 0.744. The molecule has 3 rings (SSSR count). The van der Waals surface area contributed by atoms with Crippen LogP contribution in [0.5, 0.6) is 0 Å². The predicted molar refractivity (Wildman–Crippen MR) is 77.3 cm³/mol. The summed E-state index contributed by atoms with van der Waals surface area (Å²) >= 11 is 3.30. The number of carbonyl (C=O) groups excluding carboxylic acids is 1. The van der Waals surface area contributed by atoms with Crippen LogP contribution < -0.4 is 11.1 Å². The van der Waals surface area contributed by atoms with E-state index in [0.717, 1.165) is 0 Å². The molecule has 0 aromatic carbocycles. The normalized spacial score (nSPS) is 10.7. The largest absolute Gasteiger partial charge is 0.397 e. The van der Waals surface area contributed by atoms with Crippen molar-refractivity contribution in [2.75, 3.05) is 11.1 Å². The number of amides is 1. The molecule has 0 aliphatic heterocycles. The summed E-state index contributed by atoms with van der Waals surface area (Å²) in [5, 5.41) is 6.78. The number of fused-ring (bicyclic) bond motifs is 1. The molecule has 0 aliphatic carbocycles. The lowest BCUT2D eigenvalue weighted by molar-refractivity contribution is 0.102. The number of nitrogens with two attached hydrogens (primary N) is 1. The lowest BCUT2D eigenvalue weighted by Crippen LogP contribution is -2.13. The van der Waals surface area contributed by atoms with Crippen molar-refractivity contribution in [1.29, 1.82) is 0 Å². The molecule has 3 heterocycles. The smallest absolute Gasteiger partial charge is 0.260 e. The number of nitrogens with one attached hydrogen (secondary N) is 1. The van der Waals surface area contributed by atoms with E-state index in [1.54, 1.807) is 29.2 Å². The van der Waals surface area contributed by atoms with Gasteiger partial charge < -0.3 is 11.1 Å². The monoisotopic (exact) mass is 332 g/mol. The van der Waals surface area contributed by atoms with Crippen molar-refractivity contribution in [3.05, 3.63) is 47.1 Å². The number of nitrogen functional groups attached to an aromatic ring is 1. The molecule has 3 N–H and O–H groups in total. The molecule has 0 atom stereocenters. The van der Waals surface area contributed by atoms with Crippen molar-refractivity contribution >= 4 is 38.9 Å². The van der Waals surface area contributed by atoms with Crippen molar-refractivity contribution < 1.29 is 4.79 Å². The zero-order valence-electron chi connectivity index (χ0n) is 10.1. The zero-order chi connectivity index (χ0) is 14.1. The highest BCUT2D eigenvalue weighted by Gasteiger charge is 2.14. The highest BCUT2D eigenvalue weighted by atomic mass is 79.9. The third-order valence-corrected chi connectivity index (χ3v) is 3.27. The molecule has 0 saturated carbocycles. The molecule has 3 aromatic heterocycles. The maximum absolute atomic E-state index is 12.2. The Hall–Kier alpha value is -2.48. The number of halogens is 1. The fourth-order valence-corrected chi connectivity index (χ4v) is 2.19. The Kier molecular flexibility index (Phi) is 3.07. The second-order valence-corrected chi connectivity index (χ2v) is 4.87. The van der Waals surface area contributed by atoms with Crippen LogP contribution >= 0.6 is 15.9 Å². The van der Waals surface area contributed by atoms with E-state index in [2.05, 4.69) is 36.3 Å². The van der Waals surface area contributed by atoms with E-state index in [-0.39, 0.29) is 5.91 Å². The average molecular weight is 333 g/mol. The molecule has 0 unspecified atom stereocenters. The number of aromatic nitrogens is 4. The van der Waals surface area contributed by atoms with Gasteiger partial charge in [-0.1, -0.05) is 0 Å². The van der Waals surface area contributed by atoms with Gasteiger partial charge in [-0.05, 0) is 22.0 Å². The number of pyridine rings is 1. The first kappa shape index (κ1) is 12.5. The summed E-state index contributed by atoms with van der Waals surface area (Å²) < 4.78 is 2.19. The number of carbonyl (C=O) groups is 1. The standard InChI is InChI=1S/C12H9BrN6O/c13-9-3-7(14)4-16-11(9)18-12(20)8-5-17-19-2-1-15-6-10(8)19/h1-6H,14H2,(H,16,18,20). The summed E-state index contributed by atoms with van der Waals surface area (Å²) in [6, 6.07) is 1.67. The Morgan fingerprint density at radius 3 is 3.00 bits per heavy atom. The van der Waals surface area contributed by atoms with Crippen molar-refractivity contribution in [1.82, 2.24) is 19.6 Å². The van der Waals surface area contributed by atoms with Crippen LogP contribution in [0.1, 0.15) is 10.4 Å². The van der Waals surface area contributed by atoms with Crippen LogP contribution in [-0.4, -0.2) is 25.5 Å². The molecule has 0 fully saturated rings. The molecular weight excluding hydrogens is 324 g/mol. The molecule has 0 aliphatic rings. The molecule has 0 spiro atoms. The zero-order valence-corrected chi connectivity index (χ0v) is 11.7. The van der Waals surface area contributed by atoms with Gasteiger partial charge in [-0.15, -0.1) is 0 Å². The Morgan fingerprint density at radius 2 is 2.20 bits per heavy atom. The topological polar surface area (TPSA) is 98.2 Å². The van der Waals surface area contributed by atoms with E-state index in [1.165, 1.54) is 12.4 Å². The van der Waals surface area contributed by atoms with Gasteiger partial charge in [0, 0.05) is 12.4 Å². The third kappa shape index (κ3) is 2.21. The molecule has 0 radical (unpaired) electrons. The average Bonchev–Trinajstić information content (AvgIpc) is 2.86. The number of rotatable bonds is 2. The van der Waals surface area contributed by atoms with E-state index in [4.69, 9.17) is 5.73 Å². The van der Waals surface area contributed by atoms with Crippen molar-refractivity contribution in [3.63, 3.8) is 0 Å². The second kappa shape index (κ2) is 4.89. The van der Waals surface area contributed by atoms with Crippen molar-refractivity contribution in [3.8, 4) is 0 Å². The number of hydrogen-bond donors (Lipinski definition) is 2. The number of anilines is 2. The SMILES string of the molecule is Nc1cnc(NC(=O)c2cnn3ccncc23)c(Br)c1. The van der Waals surface area contributed by atoms with E-state index in [9.17, 15) is 4.79 Å². The maximum Gasteiger partial charge on any atom is 0.260 e. The van der Waals surface area contributed by atoms with Gasteiger partial charge in [-0.25, -0.2) is 9.50 Å². The fourth-order valence-electron chi connectivity index (χ4n) is 1.73. The highest BCUT2D eigenvalue weighted by molar-refractivity contribution is 9.10. The van der Waals surface area contributed by atoms with Crippen LogP contribution in [0.4, 0.5) is 11.5 Å². The summed E-state index contributed by atoms with van der Waals surface area (Å²) in [5.41, 5.74) is 7.15. The molecule has 0 saturated heterocycles. The third-order valence-electron chi connectivity index (χ3n) is 2.66. The molecule has 100 valence electrons. The first-order valence-electron chi connectivity index (χ1n) is 5.65. The summed E-state index contributed by atoms with van der Waals surface area (Å²) in [6.45, 7) is 0. The van der Waals surface area contributed by atoms with Gasteiger partial charge in [0.2, 0.25) is 0 Å². The Bertz CT molecular complexity index is 799. The Labute approximate surface area is 122 Å². The molecule has 3 aromatic rings. The number of hydrogen-bond acceptors (Lipinski definition) is 5. The first-order valence-corrected chi connectivity index (χ1v) is 6.44. The first-order chi connectivity index (χ1) is 9.65. The molecule has 1 amide bonds. The molecule has 7 nitrogen and oxygen atoms in total. The summed E-state index contributed by atoms with van der Waals surface area (Å²) in [7, 11) is 0. The highest BCUT2D eigenvalue weighted by Crippen LogP contribution is 2.22. The molecular formula is C12H9BrN6O. The number of nitrogens with zero attached hydrogens (tertiary/aromatic N) is 4. The minimum Gasteiger partial charge on any atom is -0.397 e. The molecule has 0 bridgehead atoms. The lowest BCUT2D eigenvalue weighted by Gasteiger charge is -2.06. The van der Waals surface area contributed by atoms with Crippen LogP contribution in [0.15, 0.2) is 41.5 Å². The minimum absolute atomic E-state index is 0.314. The predicted octanol–water partition coefficient (Wildman–Crippen LogP) is 1.72. The lowest BCUT2D eigenvalue weighted by atomic mass is 10.3. The van der Waals surface area contributed by atoms with Gasteiger partial charge in [0.15, 0.2) is 0 Å².